The van der Waals surface area contributed by atoms with Crippen LogP contribution in [-0.2, 0) is 35.6 Å². The van der Waals surface area contributed by atoms with Crippen LogP contribution in [0.25, 0.3) is 21.6 Å². The second kappa shape index (κ2) is 18.5. The molecule has 15 nitrogen and oxygen atoms in total. The Bertz CT molecular complexity index is 2470. The molecule has 1 aromatic carbocycles. The zero-order chi connectivity index (χ0) is 48.1. The summed E-state index contributed by atoms with van der Waals surface area (Å²) in [4.78, 5) is 70.2. The van der Waals surface area contributed by atoms with Gasteiger partial charge in [0.25, 0.3) is 11.9 Å². The van der Waals surface area contributed by atoms with Crippen LogP contribution in [0.3, 0.4) is 0 Å². The first-order chi connectivity index (χ1) is 30.9. The van der Waals surface area contributed by atoms with Crippen molar-refractivity contribution >= 4 is 56.2 Å². The van der Waals surface area contributed by atoms with E-state index in [1.54, 1.807) is 32.1 Å². The molecule has 2 aliphatic heterocycles. The van der Waals surface area contributed by atoms with Crippen LogP contribution in [0.15, 0.2) is 30.4 Å². The number of nitrogens with zero attached hydrogens (tertiary/aromatic N) is 4. The highest BCUT2D eigenvalue weighted by Gasteiger charge is 2.64. The molecule has 1 saturated heterocycles. The monoisotopic (exact) mass is 949 g/mol. The molecule has 0 unspecified atom stereocenters. The highest BCUT2D eigenvalue weighted by molar-refractivity contribution is 7.91. The second-order valence-corrected chi connectivity index (χ2v) is 24.7. The maximum Gasteiger partial charge on any atom is 0.408 e. The predicted molar refractivity (Wildman–Crippen MR) is 257 cm³/mol. The van der Waals surface area contributed by atoms with Crippen LogP contribution >= 0.6 is 11.3 Å². The van der Waals surface area contributed by atoms with Crippen molar-refractivity contribution in [2.45, 2.75) is 193 Å². The van der Waals surface area contributed by atoms with Crippen LogP contribution < -0.4 is 20.1 Å². The zero-order valence-corrected chi connectivity index (χ0v) is 42.3. The van der Waals surface area contributed by atoms with Crippen molar-refractivity contribution in [2.24, 2.45) is 11.3 Å². The molecule has 4 amide bonds. The van der Waals surface area contributed by atoms with Gasteiger partial charge in [-0.3, -0.25) is 23.7 Å². The number of para-hydroxylation sites is 1. The quantitative estimate of drug-likeness (QED) is 0.209. The fourth-order valence-electron chi connectivity index (χ4n) is 9.61. The number of alkyl carbamates (subject to hydrolysis) is 1. The summed E-state index contributed by atoms with van der Waals surface area (Å²) in [5, 5.41) is 6.63. The molecule has 66 heavy (non-hydrogen) atoms. The topological polar surface area (TPSA) is 191 Å². The van der Waals surface area contributed by atoms with Gasteiger partial charge in [0.2, 0.25) is 21.8 Å². The Balaban J connectivity index is 1.29. The Labute approximate surface area is 394 Å². The Kier molecular flexibility index (Phi) is 13.9. The second-order valence-electron chi connectivity index (χ2n) is 21.6. The summed E-state index contributed by atoms with van der Waals surface area (Å²) in [5.74, 6) is -2.00. The number of imidazole rings is 1. The Hall–Kier alpha value is -4.51. The number of likely N-dealkylation sites (tertiary alicyclic amines) is 1. The molecular weight excluding hydrogens is 879 g/mol. The number of allylic oxidation sites excluding steroid dienone is 2. The summed E-state index contributed by atoms with van der Waals surface area (Å²) in [7, 11) is -4.08. The van der Waals surface area contributed by atoms with Gasteiger partial charge in [0.1, 0.15) is 39.9 Å². The minimum Gasteiger partial charge on any atom is -0.459 e. The molecule has 4 aliphatic rings. The summed E-state index contributed by atoms with van der Waals surface area (Å²) in [6, 6.07) is 4.02. The molecule has 3 N–H and O–H groups in total. The lowest BCUT2D eigenvalue weighted by Crippen LogP contribution is -2.60. The smallest absolute Gasteiger partial charge is 0.408 e. The van der Waals surface area contributed by atoms with Crippen molar-refractivity contribution in [2.75, 3.05) is 6.54 Å². The Morgan fingerprint density at radius 3 is 2.32 bits per heavy atom. The lowest BCUT2D eigenvalue weighted by Gasteiger charge is -2.36. The van der Waals surface area contributed by atoms with Crippen LogP contribution in [-0.4, -0.2) is 92.3 Å². The molecule has 0 radical (unpaired) electrons. The van der Waals surface area contributed by atoms with Gasteiger partial charge in [-0.25, -0.2) is 18.2 Å². The average Bonchev–Trinajstić information content (AvgIpc) is 3.99. The number of fused-ring (bicyclic) bond motifs is 6. The summed E-state index contributed by atoms with van der Waals surface area (Å²) < 4.78 is 43.8. The van der Waals surface area contributed by atoms with Crippen molar-refractivity contribution in [3.63, 3.8) is 0 Å². The number of thiazole rings is 1. The Morgan fingerprint density at radius 2 is 1.71 bits per heavy atom. The van der Waals surface area contributed by atoms with Gasteiger partial charge in [-0.1, -0.05) is 66.2 Å². The molecule has 4 heterocycles. The molecule has 5 atom stereocenters. The van der Waals surface area contributed by atoms with Crippen LogP contribution in [0.2, 0.25) is 0 Å². The van der Waals surface area contributed by atoms with Crippen LogP contribution in [0.5, 0.6) is 6.01 Å². The van der Waals surface area contributed by atoms with Crippen LogP contribution in [0.1, 0.15) is 163 Å². The fraction of sp³-hybridized carbons (Fsp3) is 0.673. The molecule has 2 spiro atoms. The molecule has 7 rings (SSSR count). The first kappa shape index (κ1) is 49.4. The third-order valence-electron chi connectivity index (χ3n) is 13.5. The van der Waals surface area contributed by atoms with Gasteiger partial charge in [-0.2, -0.15) is 4.98 Å². The number of carbonyl (C=O) groups is 4. The number of rotatable bonds is 5. The molecule has 2 aliphatic carbocycles. The van der Waals surface area contributed by atoms with Crippen molar-refractivity contribution in [1.82, 2.24) is 34.8 Å². The van der Waals surface area contributed by atoms with E-state index in [1.165, 1.54) is 9.78 Å². The highest BCUT2D eigenvalue weighted by Crippen LogP contribution is 2.50. The zero-order valence-electron chi connectivity index (χ0n) is 40.7. The summed E-state index contributed by atoms with van der Waals surface area (Å²) in [6.07, 6.45) is 9.01. The van der Waals surface area contributed by atoms with Crippen molar-refractivity contribution in [1.29, 1.82) is 0 Å². The molecule has 17 heteroatoms. The largest absolute Gasteiger partial charge is 0.459 e. The minimum atomic E-state index is -4.08. The molecule has 3 fully saturated rings. The SMILES string of the molecule is CC[C@@H]1C[C@@]12NC(=O)[C@@H]1C[C@H](CN1C(=O)[C@@H](NC(=O)OC(C)(C)C)C(C)(C)C)Oc1nc3c(cccc3n1C(C)C)-c1nc(C(C)C)c(s1)CCC/C=C\CCCC1(CC1)S(=O)(=O)NC2=O. The van der Waals surface area contributed by atoms with Gasteiger partial charge in [0.15, 0.2) is 0 Å². The van der Waals surface area contributed by atoms with Gasteiger partial charge in [-0.05, 0) is 122 Å². The van der Waals surface area contributed by atoms with Gasteiger partial charge in [0.05, 0.1) is 22.5 Å². The molecule has 362 valence electrons. The first-order valence-electron chi connectivity index (χ1n) is 23.9. The maximum absolute atomic E-state index is 14.9. The van der Waals surface area contributed by atoms with E-state index in [9.17, 15) is 27.6 Å². The minimum absolute atomic E-state index is 0.0347. The molecule has 3 aromatic rings. The average molecular weight is 950 g/mol. The van der Waals surface area contributed by atoms with Crippen molar-refractivity contribution < 1.29 is 37.1 Å². The number of hydrogen-bond acceptors (Lipinski definition) is 11. The number of nitrogens with one attached hydrogen (secondary N) is 3. The normalized spacial score (nSPS) is 25.7. The molecule has 2 saturated carbocycles. The first-order valence-corrected chi connectivity index (χ1v) is 26.2. The van der Waals surface area contributed by atoms with Gasteiger partial charge in [-0.15, -0.1) is 11.3 Å². The number of hydrogen-bond donors (Lipinski definition) is 3. The van der Waals surface area contributed by atoms with Crippen molar-refractivity contribution in [3.8, 4) is 16.6 Å². The van der Waals surface area contributed by atoms with E-state index < -0.39 is 73.3 Å². The van der Waals surface area contributed by atoms with E-state index in [2.05, 4.69) is 41.4 Å². The summed E-state index contributed by atoms with van der Waals surface area (Å²) >= 11 is 1.69. The van der Waals surface area contributed by atoms with E-state index in [1.807, 2.05) is 64.3 Å². The summed E-state index contributed by atoms with van der Waals surface area (Å²) in [6.45, 7) is 20.9. The fourth-order valence-corrected chi connectivity index (χ4v) is 12.6. The van der Waals surface area contributed by atoms with Gasteiger partial charge >= 0.3 is 6.09 Å². The van der Waals surface area contributed by atoms with E-state index in [-0.39, 0.29) is 37.3 Å². The molecule has 6 bridgehead atoms. The van der Waals surface area contributed by atoms with E-state index in [0.29, 0.717) is 38.1 Å². The number of aromatic nitrogens is 3. The standard InChI is InChI=1S/C49H71N7O8S2/c1-12-31-27-49(31)43(59)54-66(61,62)48(24-25-48)23-18-16-14-13-15-17-22-36-37(29(2)3)50-41(65-36)33-20-19-21-34-38(33)51-44(56(34)30(4)5)63-32-26-35(40(57)53-49)55(28-32)42(58)39(46(6,7)8)52-45(60)64-47(9,10)11/h13-14,19-21,29-32,35,39H,12,15-18,22-28H2,1-11H3,(H,52,60)(H,53,57)(H,54,59)/b14-13-/t31-,32-,35+,39-,49-/m1/s1. The van der Waals surface area contributed by atoms with E-state index in [0.717, 1.165) is 53.0 Å². The highest BCUT2D eigenvalue weighted by atomic mass is 32.2. The van der Waals surface area contributed by atoms with Crippen molar-refractivity contribution in [3.05, 3.63) is 40.9 Å². The van der Waals surface area contributed by atoms with E-state index in [4.69, 9.17) is 19.4 Å². The van der Waals surface area contributed by atoms with Gasteiger partial charge in [0, 0.05) is 22.9 Å². The number of ether oxygens (including phenoxy) is 2. The maximum atomic E-state index is 14.9. The predicted octanol–water partition coefficient (Wildman–Crippen LogP) is 8.48. The third-order valence-corrected chi connectivity index (χ3v) is 16.9. The van der Waals surface area contributed by atoms with Gasteiger partial charge < -0.3 is 25.0 Å². The lowest BCUT2D eigenvalue weighted by atomic mass is 9.85. The van der Waals surface area contributed by atoms with E-state index >= 15 is 0 Å². The van der Waals surface area contributed by atoms with Crippen LogP contribution in [0, 0.1) is 11.3 Å². The third kappa shape index (κ3) is 10.2. The lowest BCUT2D eigenvalue weighted by molar-refractivity contribution is -0.143. The number of sulfonamides is 1. The summed E-state index contributed by atoms with van der Waals surface area (Å²) in [5.41, 5.74) is 0.404. The number of benzene rings is 1. The number of amides is 4. The Morgan fingerprint density at radius 1 is 1.02 bits per heavy atom. The van der Waals surface area contributed by atoms with Crippen LogP contribution in [0.4, 0.5) is 4.79 Å². The molecule has 2 aromatic heterocycles. The molecular formula is C49H71N7O8S2. The number of carbonyl (C=O) groups excluding carboxylic acids is 4. The number of aryl methyl sites for hydroxylation is 1.